The van der Waals surface area contributed by atoms with Gasteiger partial charge >= 0.3 is 0 Å². The summed E-state index contributed by atoms with van der Waals surface area (Å²) in [6, 6.07) is -0.594. The van der Waals surface area contributed by atoms with E-state index in [0.717, 1.165) is 6.26 Å². The summed E-state index contributed by atoms with van der Waals surface area (Å²) in [5.74, 6) is -0.105. The minimum absolute atomic E-state index is 0.105. The standard InChI is InChI=1S/C7H11N3O2S/c1-13(11,12)5-6(8)7-4-9-2-3-10-7/h2-4,6H,5,8H2,1H3. The molecule has 1 unspecified atom stereocenters. The van der Waals surface area contributed by atoms with Crippen LogP contribution in [0.25, 0.3) is 0 Å². The van der Waals surface area contributed by atoms with E-state index < -0.39 is 15.9 Å². The Labute approximate surface area is 76.9 Å². The molecule has 0 aromatic carbocycles. The molecular weight excluding hydrogens is 190 g/mol. The van der Waals surface area contributed by atoms with Crippen molar-refractivity contribution in [2.75, 3.05) is 12.0 Å². The number of sulfone groups is 1. The van der Waals surface area contributed by atoms with Crippen molar-refractivity contribution >= 4 is 9.84 Å². The summed E-state index contributed by atoms with van der Waals surface area (Å²) < 4.78 is 21.8. The Morgan fingerprint density at radius 3 is 2.69 bits per heavy atom. The number of aromatic nitrogens is 2. The van der Waals surface area contributed by atoms with Gasteiger partial charge < -0.3 is 5.73 Å². The number of rotatable bonds is 3. The second-order valence-electron chi connectivity index (χ2n) is 2.83. The maximum absolute atomic E-state index is 10.9. The highest BCUT2D eigenvalue weighted by atomic mass is 32.2. The molecule has 1 atom stereocenters. The first kappa shape index (κ1) is 10.1. The molecule has 0 aliphatic carbocycles. The van der Waals surface area contributed by atoms with Gasteiger partial charge in [-0.15, -0.1) is 0 Å². The largest absolute Gasteiger partial charge is 0.322 e. The van der Waals surface area contributed by atoms with Gasteiger partial charge in [-0.05, 0) is 0 Å². The molecule has 0 amide bonds. The first-order valence-electron chi connectivity index (χ1n) is 3.68. The van der Waals surface area contributed by atoms with Gasteiger partial charge in [0, 0.05) is 24.8 Å². The number of hydrogen-bond acceptors (Lipinski definition) is 5. The molecule has 0 fully saturated rings. The lowest BCUT2D eigenvalue weighted by molar-refractivity contribution is 0.593. The predicted molar refractivity (Wildman–Crippen MR) is 48.7 cm³/mol. The highest BCUT2D eigenvalue weighted by Gasteiger charge is 2.13. The summed E-state index contributed by atoms with van der Waals surface area (Å²) in [5.41, 5.74) is 6.09. The van der Waals surface area contributed by atoms with Gasteiger partial charge in [0.25, 0.3) is 0 Å². The number of nitrogens with zero attached hydrogens (tertiary/aromatic N) is 2. The van der Waals surface area contributed by atoms with Gasteiger partial charge in [0.2, 0.25) is 0 Å². The fourth-order valence-corrected chi connectivity index (χ4v) is 1.74. The normalized spacial score (nSPS) is 14.0. The van der Waals surface area contributed by atoms with Gasteiger partial charge in [0.05, 0.1) is 17.5 Å². The Kier molecular flexibility index (Phi) is 2.94. The second kappa shape index (κ2) is 3.80. The van der Waals surface area contributed by atoms with E-state index >= 15 is 0 Å². The predicted octanol–water partition coefficient (Wildman–Crippen LogP) is -0.479. The second-order valence-corrected chi connectivity index (χ2v) is 5.01. The molecule has 1 aromatic rings. The quantitative estimate of drug-likeness (QED) is 0.714. The Morgan fingerprint density at radius 1 is 1.54 bits per heavy atom. The van der Waals surface area contributed by atoms with E-state index in [4.69, 9.17) is 5.73 Å². The smallest absolute Gasteiger partial charge is 0.149 e. The molecule has 0 bridgehead atoms. The van der Waals surface area contributed by atoms with Crippen molar-refractivity contribution in [2.45, 2.75) is 6.04 Å². The average molecular weight is 201 g/mol. The zero-order chi connectivity index (χ0) is 9.90. The third-order valence-electron chi connectivity index (χ3n) is 1.45. The molecule has 0 radical (unpaired) electrons. The molecule has 1 aromatic heterocycles. The summed E-state index contributed by atoms with van der Waals surface area (Å²) in [4.78, 5) is 7.71. The van der Waals surface area contributed by atoms with E-state index in [0.29, 0.717) is 5.69 Å². The minimum Gasteiger partial charge on any atom is -0.322 e. The molecule has 6 heteroatoms. The molecule has 0 aliphatic heterocycles. The van der Waals surface area contributed by atoms with E-state index in [1.54, 1.807) is 0 Å². The summed E-state index contributed by atoms with van der Waals surface area (Å²) in [6.45, 7) is 0. The molecule has 72 valence electrons. The van der Waals surface area contributed by atoms with Crippen LogP contribution in [-0.4, -0.2) is 30.4 Å². The lowest BCUT2D eigenvalue weighted by Crippen LogP contribution is -2.21. The SMILES string of the molecule is CS(=O)(=O)CC(N)c1cnccn1. The van der Waals surface area contributed by atoms with Crippen LogP contribution < -0.4 is 5.73 Å². The number of nitrogens with two attached hydrogens (primary N) is 1. The van der Waals surface area contributed by atoms with Gasteiger partial charge in [-0.1, -0.05) is 0 Å². The van der Waals surface area contributed by atoms with Gasteiger partial charge in [-0.25, -0.2) is 8.42 Å². The van der Waals surface area contributed by atoms with E-state index in [2.05, 4.69) is 9.97 Å². The molecular formula is C7H11N3O2S. The summed E-state index contributed by atoms with van der Waals surface area (Å²) in [7, 11) is -3.06. The molecule has 0 saturated heterocycles. The van der Waals surface area contributed by atoms with Crippen molar-refractivity contribution in [1.29, 1.82) is 0 Å². The van der Waals surface area contributed by atoms with Gasteiger partial charge in [0.15, 0.2) is 0 Å². The van der Waals surface area contributed by atoms with Crippen molar-refractivity contribution < 1.29 is 8.42 Å². The monoisotopic (exact) mass is 201 g/mol. The Hall–Kier alpha value is -1.01. The van der Waals surface area contributed by atoms with Crippen LogP contribution in [0.1, 0.15) is 11.7 Å². The van der Waals surface area contributed by atoms with Crippen LogP contribution in [0.3, 0.4) is 0 Å². The Morgan fingerprint density at radius 2 is 2.23 bits per heavy atom. The fraction of sp³-hybridized carbons (Fsp3) is 0.429. The first-order chi connectivity index (χ1) is 5.99. The highest BCUT2D eigenvalue weighted by molar-refractivity contribution is 7.90. The van der Waals surface area contributed by atoms with Crippen molar-refractivity contribution in [3.05, 3.63) is 24.3 Å². The van der Waals surface area contributed by atoms with Gasteiger partial charge in [0.1, 0.15) is 9.84 Å². The molecule has 1 heterocycles. The van der Waals surface area contributed by atoms with Crippen LogP contribution >= 0.6 is 0 Å². The summed E-state index contributed by atoms with van der Waals surface area (Å²) in [5, 5.41) is 0. The highest BCUT2D eigenvalue weighted by Crippen LogP contribution is 2.06. The zero-order valence-corrected chi connectivity index (χ0v) is 8.03. The lowest BCUT2D eigenvalue weighted by atomic mass is 10.3. The third kappa shape index (κ3) is 3.47. The van der Waals surface area contributed by atoms with Crippen LogP contribution in [0.5, 0.6) is 0 Å². The van der Waals surface area contributed by atoms with Crippen LogP contribution in [-0.2, 0) is 9.84 Å². The molecule has 1 rings (SSSR count). The maximum atomic E-state index is 10.9. The van der Waals surface area contributed by atoms with Crippen LogP contribution in [0, 0.1) is 0 Å². The van der Waals surface area contributed by atoms with E-state index in [9.17, 15) is 8.42 Å². The fourth-order valence-electron chi connectivity index (χ4n) is 0.914. The van der Waals surface area contributed by atoms with E-state index in [1.165, 1.54) is 18.6 Å². The average Bonchev–Trinajstić information content (AvgIpc) is 2.03. The zero-order valence-electron chi connectivity index (χ0n) is 7.21. The lowest BCUT2D eigenvalue weighted by Gasteiger charge is -2.07. The van der Waals surface area contributed by atoms with Gasteiger partial charge in [-0.3, -0.25) is 9.97 Å². The van der Waals surface area contributed by atoms with Crippen molar-refractivity contribution in [3.8, 4) is 0 Å². The number of hydrogen-bond donors (Lipinski definition) is 1. The van der Waals surface area contributed by atoms with Crippen LogP contribution in [0.2, 0.25) is 0 Å². The minimum atomic E-state index is -3.06. The summed E-state index contributed by atoms with van der Waals surface area (Å²) in [6.07, 6.45) is 5.60. The Bertz CT molecular complexity index is 363. The maximum Gasteiger partial charge on any atom is 0.149 e. The molecule has 0 spiro atoms. The van der Waals surface area contributed by atoms with Crippen molar-refractivity contribution in [1.82, 2.24) is 9.97 Å². The topological polar surface area (TPSA) is 85.9 Å². The molecule has 2 N–H and O–H groups in total. The molecule has 0 aliphatic rings. The molecule has 5 nitrogen and oxygen atoms in total. The molecule has 13 heavy (non-hydrogen) atoms. The Balaban J connectivity index is 2.76. The third-order valence-corrected chi connectivity index (χ3v) is 2.41. The van der Waals surface area contributed by atoms with Crippen molar-refractivity contribution in [2.24, 2.45) is 5.73 Å². The first-order valence-corrected chi connectivity index (χ1v) is 5.74. The summed E-state index contributed by atoms with van der Waals surface area (Å²) >= 11 is 0. The van der Waals surface area contributed by atoms with Crippen LogP contribution in [0.4, 0.5) is 0 Å². The van der Waals surface area contributed by atoms with Crippen LogP contribution in [0.15, 0.2) is 18.6 Å². The van der Waals surface area contributed by atoms with E-state index in [-0.39, 0.29) is 5.75 Å². The molecule has 0 saturated carbocycles. The van der Waals surface area contributed by atoms with Gasteiger partial charge in [-0.2, -0.15) is 0 Å². The van der Waals surface area contributed by atoms with Crippen molar-refractivity contribution in [3.63, 3.8) is 0 Å². The van der Waals surface area contributed by atoms with E-state index in [1.807, 2.05) is 0 Å².